The van der Waals surface area contributed by atoms with Crippen molar-refractivity contribution in [1.29, 1.82) is 0 Å². The van der Waals surface area contributed by atoms with Gasteiger partial charge in [0.05, 0.1) is 0 Å². The fraction of sp³-hybridized carbons (Fsp3) is 0.273. The first-order valence-electron chi connectivity index (χ1n) is 9.64. The van der Waals surface area contributed by atoms with Crippen LogP contribution in [0.25, 0.3) is 10.6 Å². The molecule has 0 bridgehead atoms. The maximum Gasteiger partial charge on any atom is 0.249 e. The van der Waals surface area contributed by atoms with Gasteiger partial charge in [0.2, 0.25) is 16.9 Å². The summed E-state index contributed by atoms with van der Waals surface area (Å²) in [6, 6.07) is 16.1. The molecule has 0 radical (unpaired) electrons. The lowest BCUT2D eigenvalue weighted by Crippen LogP contribution is -2.45. The number of hydrogen-bond acceptors (Lipinski definition) is 5. The largest absolute Gasteiger partial charge is 0.344 e. The van der Waals surface area contributed by atoms with E-state index in [1.165, 1.54) is 11.3 Å². The van der Waals surface area contributed by atoms with Crippen molar-refractivity contribution in [3.63, 3.8) is 0 Å². The highest BCUT2D eigenvalue weighted by Crippen LogP contribution is 2.28. The Hall–Kier alpha value is -2.77. The van der Waals surface area contributed by atoms with Crippen molar-refractivity contribution < 1.29 is 9.59 Å². The van der Waals surface area contributed by atoms with Gasteiger partial charge in [-0.3, -0.25) is 14.9 Å². The number of hydrogen-bond donors (Lipinski definition) is 2. The Morgan fingerprint density at radius 2 is 1.83 bits per heavy atom. The quantitative estimate of drug-likeness (QED) is 0.535. The molecule has 0 aliphatic carbocycles. The number of rotatable bonds is 8. The van der Waals surface area contributed by atoms with Crippen LogP contribution in [0, 0.1) is 5.92 Å². The lowest BCUT2D eigenvalue weighted by Gasteiger charge is -2.18. The van der Waals surface area contributed by atoms with E-state index in [9.17, 15) is 9.59 Å². The minimum absolute atomic E-state index is 0.155. The molecular weight excluding hydrogens is 420 g/mol. The number of amides is 2. The third-order valence-corrected chi connectivity index (χ3v) is 5.38. The number of nitrogens with one attached hydrogen (secondary N) is 2. The smallest absolute Gasteiger partial charge is 0.249 e. The summed E-state index contributed by atoms with van der Waals surface area (Å²) in [5, 5.41) is 15.4. The number of anilines is 1. The standard InChI is InChI=1S/C22H23ClN4O2S/c1-14(2)11-19(28)24-18(12-15-7-4-3-5-8-15)20(29)25-22-27-26-21(30-22)16-9-6-10-17(23)13-16/h3-10,13-14,18H,11-12H2,1-2H3,(H,24,28)(H,25,27,29). The first kappa shape index (κ1) is 21.9. The average molecular weight is 443 g/mol. The normalized spacial score (nSPS) is 11.9. The van der Waals surface area contributed by atoms with E-state index in [0.29, 0.717) is 28.0 Å². The Morgan fingerprint density at radius 1 is 1.07 bits per heavy atom. The van der Waals surface area contributed by atoms with E-state index in [1.807, 2.05) is 56.3 Å². The summed E-state index contributed by atoms with van der Waals surface area (Å²) in [4.78, 5) is 25.2. The molecule has 1 unspecified atom stereocenters. The van der Waals surface area contributed by atoms with Gasteiger partial charge in [-0.2, -0.15) is 0 Å². The van der Waals surface area contributed by atoms with E-state index < -0.39 is 6.04 Å². The molecule has 0 spiro atoms. The molecule has 3 aromatic rings. The number of aromatic nitrogens is 2. The van der Waals surface area contributed by atoms with Crippen LogP contribution in [0.2, 0.25) is 5.02 Å². The first-order valence-corrected chi connectivity index (χ1v) is 10.8. The van der Waals surface area contributed by atoms with Crippen LogP contribution in [-0.4, -0.2) is 28.1 Å². The summed E-state index contributed by atoms with van der Waals surface area (Å²) in [6.07, 6.45) is 0.743. The number of carbonyl (C=O) groups is 2. The summed E-state index contributed by atoms with van der Waals surface area (Å²) in [6.45, 7) is 3.93. The van der Waals surface area contributed by atoms with Crippen LogP contribution in [-0.2, 0) is 16.0 Å². The lowest BCUT2D eigenvalue weighted by atomic mass is 10.0. The van der Waals surface area contributed by atoms with Gasteiger partial charge in [0.1, 0.15) is 11.0 Å². The van der Waals surface area contributed by atoms with E-state index in [-0.39, 0.29) is 17.7 Å². The highest BCUT2D eigenvalue weighted by atomic mass is 35.5. The van der Waals surface area contributed by atoms with Gasteiger partial charge >= 0.3 is 0 Å². The van der Waals surface area contributed by atoms with Crippen LogP contribution < -0.4 is 10.6 Å². The van der Waals surface area contributed by atoms with Crippen molar-refractivity contribution in [2.45, 2.75) is 32.7 Å². The van der Waals surface area contributed by atoms with E-state index >= 15 is 0 Å². The van der Waals surface area contributed by atoms with Gasteiger partial charge in [-0.15, -0.1) is 10.2 Å². The molecule has 156 valence electrons. The predicted molar refractivity (Wildman–Crippen MR) is 121 cm³/mol. The van der Waals surface area contributed by atoms with E-state index in [0.717, 1.165) is 11.1 Å². The number of benzene rings is 2. The second-order valence-corrected chi connectivity index (χ2v) is 8.73. The predicted octanol–water partition coefficient (Wildman–Crippen LogP) is 4.57. The van der Waals surface area contributed by atoms with Crippen molar-refractivity contribution in [2.75, 3.05) is 5.32 Å². The maximum absolute atomic E-state index is 12.9. The van der Waals surface area contributed by atoms with Gasteiger partial charge in [0.25, 0.3) is 0 Å². The van der Waals surface area contributed by atoms with Crippen LogP contribution in [0.3, 0.4) is 0 Å². The molecule has 0 fully saturated rings. The number of halogens is 1. The van der Waals surface area contributed by atoms with Gasteiger partial charge in [-0.1, -0.05) is 79.2 Å². The first-order chi connectivity index (χ1) is 14.4. The lowest BCUT2D eigenvalue weighted by molar-refractivity contribution is -0.127. The molecule has 0 aliphatic rings. The van der Waals surface area contributed by atoms with Crippen LogP contribution in [0.5, 0.6) is 0 Å². The van der Waals surface area contributed by atoms with Crippen molar-refractivity contribution in [2.24, 2.45) is 5.92 Å². The average Bonchev–Trinajstić information content (AvgIpc) is 3.16. The molecule has 3 rings (SSSR count). The molecule has 1 heterocycles. The molecule has 1 atom stereocenters. The topological polar surface area (TPSA) is 84.0 Å². The molecular formula is C22H23ClN4O2S. The highest BCUT2D eigenvalue weighted by Gasteiger charge is 2.23. The van der Waals surface area contributed by atoms with Crippen molar-refractivity contribution >= 4 is 39.9 Å². The van der Waals surface area contributed by atoms with Crippen LogP contribution >= 0.6 is 22.9 Å². The third kappa shape index (κ3) is 6.37. The van der Waals surface area contributed by atoms with Gasteiger partial charge in [0.15, 0.2) is 0 Å². The summed E-state index contributed by atoms with van der Waals surface area (Å²) in [7, 11) is 0. The molecule has 1 aromatic heterocycles. The summed E-state index contributed by atoms with van der Waals surface area (Å²) in [5.74, 6) is -0.281. The maximum atomic E-state index is 12.9. The van der Waals surface area contributed by atoms with E-state index in [2.05, 4.69) is 20.8 Å². The molecule has 2 aromatic carbocycles. The monoisotopic (exact) mass is 442 g/mol. The van der Waals surface area contributed by atoms with Crippen LogP contribution in [0.4, 0.5) is 5.13 Å². The minimum atomic E-state index is -0.711. The van der Waals surface area contributed by atoms with E-state index in [4.69, 9.17) is 11.6 Å². The molecule has 6 nitrogen and oxygen atoms in total. The minimum Gasteiger partial charge on any atom is -0.344 e. The molecule has 0 saturated heterocycles. The van der Waals surface area contributed by atoms with E-state index in [1.54, 1.807) is 12.1 Å². The Balaban J connectivity index is 1.73. The van der Waals surface area contributed by atoms with Crippen molar-refractivity contribution in [3.05, 3.63) is 65.2 Å². The third-order valence-electron chi connectivity index (χ3n) is 4.25. The molecule has 2 amide bonds. The van der Waals surface area contributed by atoms with Gasteiger partial charge in [-0.05, 0) is 23.6 Å². The summed E-state index contributed by atoms with van der Waals surface area (Å²) < 4.78 is 0. The van der Waals surface area contributed by atoms with Crippen molar-refractivity contribution in [3.8, 4) is 10.6 Å². The summed E-state index contributed by atoms with van der Waals surface area (Å²) >= 11 is 7.29. The number of carbonyl (C=O) groups excluding carboxylic acids is 2. The van der Waals surface area contributed by atoms with Crippen molar-refractivity contribution in [1.82, 2.24) is 15.5 Å². The second kappa shape index (κ2) is 10.3. The zero-order chi connectivity index (χ0) is 21.5. The molecule has 2 N–H and O–H groups in total. The molecule has 30 heavy (non-hydrogen) atoms. The van der Waals surface area contributed by atoms with Gasteiger partial charge in [0, 0.05) is 23.4 Å². The Morgan fingerprint density at radius 3 is 2.53 bits per heavy atom. The van der Waals surface area contributed by atoms with Crippen LogP contribution in [0.15, 0.2) is 54.6 Å². The zero-order valence-electron chi connectivity index (χ0n) is 16.8. The highest BCUT2D eigenvalue weighted by molar-refractivity contribution is 7.18. The number of nitrogens with zero attached hydrogens (tertiary/aromatic N) is 2. The van der Waals surface area contributed by atoms with Gasteiger partial charge < -0.3 is 5.32 Å². The summed E-state index contributed by atoms with van der Waals surface area (Å²) in [5.41, 5.74) is 1.78. The van der Waals surface area contributed by atoms with Gasteiger partial charge in [-0.25, -0.2) is 0 Å². The molecule has 0 saturated carbocycles. The fourth-order valence-electron chi connectivity index (χ4n) is 2.89. The Kier molecular flexibility index (Phi) is 7.54. The fourth-order valence-corrected chi connectivity index (χ4v) is 3.82. The Labute approximate surface area is 184 Å². The second-order valence-electron chi connectivity index (χ2n) is 7.32. The zero-order valence-corrected chi connectivity index (χ0v) is 18.3. The Bertz CT molecular complexity index is 1010. The SMILES string of the molecule is CC(C)CC(=O)NC(Cc1ccccc1)C(=O)Nc1nnc(-c2cccc(Cl)c2)s1. The molecule has 8 heteroatoms. The van der Waals surface area contributed by atoms with Crippen LogP contribution in [0.1, 0.15) is 25.8 Å². The molecule has 0 aliphatic heterocycles.